The van der Waals surface area contributed by atoms with E-state index >= 15 is 0 Å². The van der Waals surface area contributed by atoms with Crippen LogP contribution in [0.3, 0.4) is 0 Å². The minimum absolute atomic E-state index is 0.0886. The molecule has 0 saturated heterocycles. The van der Waals surface area contributed by atoms with Gasteiger partial charge in [0.1, 0.15) is 5.60 Å². The Morgan fingerprint density at radius 1 is 1.32 bits per heavy atom. The summed E-state index contributed by atoms with van der Waals surface area (Å²) in [5.74, 6) is -0.128. The lowest BCUT2D eigenvalue weighted by Gasteiger charge is -2.56. The Morgan fingerprint density at radius 3 is 2.68 bits per heavy atom. The summed E-state index contributed by atoms with van der Waals surface area (Å²) in [6, 6.07) is 0. The third-order valence-corrected chi connectivity index (χ3v) is 6.22. The summed E-state index contributed by atoms with van der Waals surface area (Å²) in [7, 11) is 0. The van der Waals surface area contributed by atoms with Crippen molar-refractivity contribution in [1.29, 1.82) is 0 Å². The van der Waals surface area contributed by atoms with E-state index in [1.54, 1.807) is 6.08 Å². The molecule has 0 aromatic rings. The molecule has 0 bridgehead atoms. The zero-order chi connectivity index (χ0) is 15.9. The van der Waals surface area contributed by atoms with Crippen LogP contribution in [0.15, 0.2) is 12.2 Å². The predicted molar refractivity (Wildman–Crippen MR) is 83.1 cm³/mol. The molecule has 3 rings (SSSR count). The van der Waals surface area contributed by atoms with E-state index in [4.69, 9.17) is 0 Å². The van der Waals surface area contributed by atoms with Crippen molar-refractivity contribution in [3.05, 3.63) is 12.2 Å². The van der Waals surface area contributed by atoms with Crippen LogP contribution < -0.4 is 0 Å². The van der Waals surface area contributed by atoms with Gasteiger partial charge in [-0.2, -0.15) is 0 Å². The predicted octanol–water partition coefficient (Wildman–Crippen LogP) is 1.82. The molecule has 0 amide bonds. The van der Waals surface area contributed by atoms with E-state index in [0.717, 1.165) is 6.42 Å². The van der Waals surface area contributed by atoms with E-state index in [0.29, 0.717) is 18.8 Å². The molecule has 6 atom stereocenters. The van der Waals surface area contributed by atoms with Gasteiger partial charge in [0.25, 0.3) is 0 Å². The third-order valence-electron chi connectivity index (χ3n) is 6.22. The fraction of sp³-hybridized carbons (Fsp3) is 0.833. The second-order valence-electron chi connectivity index (χ2n) is 7.62. The van der Waals surface area contributed by atoms with Crippen LogP contribution in [0.25, 0.3) is 0 Å². The Kier molecular flexibility index (Phi) is 4.45. The summed E-state index contributed by atoms with van der Waals surface area (Å²) in [5.41, 5.74) is -1.25. The van der Waals surface area contributed by atoms with Crippen molar-refractivity contribution in [2.75, 3.05) is 0 Å². The van der Waals surface area contributed by atoms with E-state index in [2.05, 4.69) is 0 Å². The molecule has 3 saturated carbocycles. The minimum atomic E-state index is -1.25. The van der Waals surface area contributed by atoms with Crippen LogP contribution in [0, 0.1) is 23.7 Å². The van der Waals surface area contributed by atoms with Crippen LogP contribution >= 0.6 is 0 Å². The minimum Gasteiger partial charge on any atom is -0.393 e. The van der Waals surface area contributed by atoms with Gasteiger partial charge in [-0.05, 0) is 25.2 Å². The lowest BCUT2D eigenvalue weighted by atomic mass is 9.50. The van der Waals surface area contributed by atoms with E-state index < -0.39 is 17.8 Å². The van der Waals surface area contributed by atoms with Gasteiger partial charge < -0.3 is 15.3 Å². The smallest absolute Gasteiger partial charge is 0.167 e. The number of rotatable bonds is 4. The fourth-order valence-electron chi connectivity index (χ4n) is 4.95. The number of Topliss-reactive ketones (excluding diaryl/α,β-unsaturated/α-hetero) is 1. The van der Waals surface area contributed by atoms with Crippen molar-refractivity contribution < 1.29 is 20.1 Å². The van der Waals surface area contributed by atoms with Gasteiger partial charge in [-0.25, -0.2) is 0 Å². The molecule has 0 aromatic carbocycles. The molecule has 3 N–H and O–H groups in total. The lowest BCUT2D eigenvalue weighted by Crippen LogP contribution is -2.68. The average Bonchev–Trinajstić information content (AvgIpc) is 3.00. The van der Waals surface area contributed by atoms with E-state index in [1.165, 1.54) is 25.7 Å². The topological polar surface area (TPSA) is 77.8 Å². The second-order valence-corrected chi connectivity index (χ2v) is 7.62. The highest BCUT2D eigenvalue weighted by atomic mass is 16.3. The highest BCUT2D eigenvalue weighted by Gasteiger charge is 2.63. The van der Waals surface area contributed by atoms with Crippen molar-refractivity contribution in [3.63, 3.8) is 0 Å². The number of aliphatic hydroxyl groups is 3. The molecule has 22 heavy (non-hydrogen) atoms. The highest BCUT2D eigenvalue weighted by Crippen LogP contribution is 2.52. The van der Waals surface area contributed by atoms with Gasteiger partial charge in [-0.15, -0.1) is 0 Å². The maximum absolute atomic E-state index is 11.9. The number of fused-ring (bicyclic) bond motifs is 1. The highest BCUT2D eigenvalue weighted by molar-refractivity contribution is 5.96. The van der Waals surface area contributed by atoms with Crippen molar-refractivity contribution in [3.8, 4) is 0 Å². The average molecular weight is 308 g/mol. The fourth-order valence-corrected chi connectivity index (χ4v) is 4.95. The Balaban J connectivity index is 1.64. The molecule has 4 nitrogen and oxygen atoms in total. The number of aliphatic hydroxyl groups excluding tert-OH is 2. The molecule has 124 valence electrons. The summed E-state index contributed by atoms with van der Waals surface area (Å²) in [4.78, 5) is 11.9. The van der Waals surface area contributed by atoms with Crippen LogP contribution in [-0.2, 0) is 4.79 Å². The Bertz CT molecular complexity index is 454. The molecule has 0 aromatic heterocycles. The molecule has 0 radical (unpaired) electrons. The summed E-state index contributed by atoms with van der Waals surface area (Å²) in [5, 5.41) is 30.9. The van der Waals surface area contributed by atoms with Crippen LogP contribution in [0.5, 0.6) is 0 Å². The maximum Gasteiger partial charge on any atom is 0.167 e. The number of hydrogen-bond donors (Lipinski definition) is 3. The molecule has 3 fully saturated rings. The number of carbonyl (C=O) groups is 1. The van der Waals surface area contributed by atoms with Gasteiger partial charge in [0, 0.05) is 17.8 Å². The van der Waals surface area contributed by atoms with Crippen molar-refractivity contribution in [2.24, 2.45) is 23.7 Å². The summed E-state index contributed by atoms with van der Waals surface area (Å²) in [6.07, 6.45) is 9.10. The third kappa shape index (κ3) is 2.66. The quantitative estimate of drug-likeness (QED) is 0.692. The summed E-state index contributed by atoms with van der Waals surface area (Å²) < 4.78 is 0. The zero-order valence-electron chi connectivity index (χ0n) is 13.3. The van der Waals surface area contributed by atoms with Crippen LogP contribution in [0.4, 0.5) is 0 Å². The van der Waals surface area contributed by atoms with Crippen molar-refractivity contribution in [2.45, 2.75) is 69.7 Å². The molecular formula is C18H28O4. The number of ketones is 1. The summed E-state index contributed by atoms with van der Waals surface area (Å²) in [6.45, 7) is 1.83. The standard InChI is InChI=1S/C18H28O4/c1-11-16-14(15(20)8-9-18(16,22)17(11)21)7-6-13(19)10-12-4-2-3-5-12/h6-7,11-16,19-20,22H,2-5,8-10H2,1H3/b7-6+/t11?,13-,14-,15+,16+,18+/m1/s1. The number of hydrogen-bond acceptors (Lipinski definition) is 4. The van der Waals surface area contributed by atoms with E-state index in [9.17, 15) is 20.1 Å². The van der Waals surface area contributed by atoms with Gasteiger partial charge in [0.2, 0.25) is 0 Å². The number of carbonyl (C=O) groups excluding carboxylic acids is 1. The zero-order valence-corrected chi connectivity index (χ0v) is 13.3. The molecule has 0 aliphatic heterocycles. The van der Waals surface area contributed by atoms with Crippen LogP contribution in [0.2, 0.25) is 0 Å². The molecule has 0 spiro atoms. The van der Waals surface area contributed by atoms with Gasteiger partial charge in [0.15, 0.2) is 5.78 Å². The van der Waals surface area contributed by atoms with Crippen molar-refractivity contribution in [1.82, 2.24) is 0 Å². The molecular weight excluding hydrogens is 280 g/mol. The largest absolute Gasteiger partial charge is 0.393 e. The molecule has 3 aliphatic rings. The Morgan fingerprint density at radius 2 is 2.00 bits per heavy atom. The van der Waals surface area contributed by atoms with Crippen molar-refractivity contribution >= 4 is 5.78 Å². The van der Waals surface area contributed by atoms with Crippen LogP contribution in [0.1, 0.15) is 51.9 Å². The Hall–Kier alpha value is -0.710. The lowest BCUT2D eigenvalue weighted by molar-refractivity contribution is -0.197. The Labute approximate surface area is 132 Å². The van der Waals surface area contributed by atoms with Gasteiger partial charge in [0.05, 0.1) is 12.2 Å². The monoisotopic (exact) mass is 308 g/mol. The molecule has 1 unspecified atom stereocenters. The second kappa shape index (κ2) is 6.06. The summed E-state index contributed by atoms with van der Waals surface area (Å²) >= 11 is 0. The first kappa shape index (κ1) is 16.2. The first-order valence-corrected chi connectivity index (χ1v) is 8.74. The van der Waals surface area contributed by atoms with E-state index in [1.807, 2.05) is 13.0 Å². The van der Waals surface area contributed by atoms with E-state index in [-0.39, 0.29) is 23.5 Å². The SMILES string of the molecule is CC1C(=O)[C@]2(O)CC[C@H](O)[C@@H](/C=C/[C@@H](O)CC3CCCC3)[C@H]12. The first-order valence-electron chi connectivity index (χ1n) is 8.74. The first-order chi connectivity index (χ1) is 10.4. The van der Waals surface area contributed by atoms with Crippen LogP contribution in [-0.4, -0.2) is 38.9 Å². The normalized spacial score (nSPS) is 44.1. The molecule has 0 heterocycles. The van der Waals surface area contributed by atoms with Gasteiger partial charge in [-0.1, -0.05) is 44.8 Å². The maximum atomic E-state index is 11.9. The van der Waals surface area contributed by atoms with Gasteiger partial charge in [-0.3, -0.25) is 4.79 Å². The molecule has 4 heteroatoms. The molecule has 3 aliphatic carbocycles. The van der Waals surface area contributed by atoms with Gasteiger partial charge >= 0.3 is 0 Å².